The molecule has 1 aliphatic rings. The van der Waals surface area contributed by atoms with Gasteiger partial charge in [0.1, 0.15) is 0 Å². The highest BCUT2D eigenvalue weighted by molar-refractivity contribution is 7.85. The lowest BCUT2D eigenvalue weighted by Gasteiger charge is -2.04. The van der Waals surface area contributed by atoms with Crippen molar-refractivity contribution in [1.29, 1.82) is 0 Å². The number of carbonyl (C=O) groups excluding carboxylic acids is 1. The average molecular weight is 209 g/mol. The predicted octanol–water partition coefficient (Wildman–Crippen LogP) is 1.38. The topological polar surface area (TPSA) is 46.2 Å². The van der Waals surface area contributed by atoms with E-state index in [0.29, 0.717) is 11.4 Å². The maximum Gasteiger partial charge on any atom is 0.228 e. The minimum Gasteiger partial charge on any atom is -0.325 e. The summed E-state index contributed by atoms with van der Waals surface area (Å²) in [5.41, 5.74) is 0.681. The van der Waals surface area contributed by atoms with Gasteiger partial charge in [-0.3, -0.25) is 9.00 Å². The molecule has 0 saturated heterocycles. The molecular weight excluding hydrogens is 198 g/mol. The van der Waals surface area contributed by atoms with Crippen molar-refractivity contribution < 1.29 is 9.00 Å². The third kappa shape index (κ3) is 1.57. The molecule has 1 N–H and O–H groups in total. The van der Waals surface area contributed by atoms with E-state index in [0.717, 1.165) is 4.90 Å². The maximum atomic E-state index is 11.8. The van der Waals surface area contributed by atoms with Gasteiger partial charge >= 0.3 is 0 Å². The number of nitrogens with one attached hydrogen (secondary N) is 1. The van der Waals surface area contributed by atoms with Crippen LogP contribution < -0.4 is 5.32 Å². The second-order valence-electron chi connectivity index (χ2n) is 3.40. The normalized spacial score (nSPS) is 26.2. The third-order valence-electron chi connectivity index (χ3n) is 2.24. The van der Waals surface area contributed by atoms with Crippen LogP contribution in [0.25, 0.3) is 0 Å². The van der Waals surface area contributed by atoms with E-state index in [9.17, 15) is 9.00 Å². The molecule has 14 heavy (non-hydrogen) atoms. The highest BCUT2D eigenvalue weighted by Crippen LogP contribution is 2.24. The monoisotopic (exact) mass is 209 g/mol. The van der Waals surface area contributed by atoms with Crippen molar-refractivity contribution in [2.24, 2.45) is 5.92 Å². The quantitative estimate of drug-likeness (QED) is 0.701. The Morgan fingerprint density at radius 1 is 1.43 bits per heavy atom. The summed E-state index contributed by atoms with van der Waals surface area (Å²) in [4.78, 5) is 12.2. The van der Waals surface area contributed by atoms with Crippen LogP contribution in [-0.4, -0.2) is 15.9 Å². The van der Waals surface area contributed by atoms with Crippen LogP contribution in [0.4, 0.5) is 5.69 Å². The van der Waals surface area contributed by atoms with Gasteiger partial charge in [-0.1, -0.05) is 19.1 Å². The van der Waals surface area contributed by atoms with Crippen LogP contribution in [0.1, 0.15) is 6.92 Å². The summed E-state index contributed by atoms with van der Waals surface area (Å²) in [7, 11) is -1.07. The lowest BCUT2D eigenvalue weighted by atomic mass is 10.2. The van der Waals surface area contributed by atoms with Crippen LogP contribution in [0, 0.1) is 5.92 Å². The van der Waals surface area contributed by atoms with E-state index < -0.39 is 10.8 Å². The number of rotatable bonds is 0. The molecule has 0 fully saturated rings. The van der Waals surface area contributed by atoms with E-state index in [-0.39, 0.29) is 11.8 Å². The Labute approximate surface area is 85.0 Å². The number of hydrogen-bond donors (Lipinski definition) is 1. The van der Waals surface area contributed by atoms with Gasteiger partial charge in [-0.15, -0.1) is 0 Å². The molecule has 2 rings (SSSR count). The highest BCUT2D eigenvalue weighted by atomic mass is 32.2. The second kappa shape index (κ2) is 3.53. The number of para-hydroxylation sites is 1. The number of benzene rings is 1. The lowest BCUT2D eigenvalue weighted by Crippen LogP contribution is -2.21. The Kier molecular flexibility index (Phi) is 2.37. The Morgan fingerprint density at radius 3 is 2.93 bits per heavy atom. The van der Waals surface area contributed by atoms with Crippen molar-refractivity contribution in [1.82, 2.24) is 0 Å². The van der Waals surface area contributed by atoms with Gasteiger partial charge in [-0.2, -0.15) is 0 Å². The molecule has 1 amide bonds. The minimum absolute atomic E-state index is 0.0525. The fraction of sp³-hybridized carbons (Fsp3) is 0.300. The number of carbonyl (C=O) groups is 1. The zero-order valence-corrected chi connectivity index (χ0v) is 8.64. The smallest absolute Gasteiger partial charge is 0.228 e. The molecule has 0 spiro atoms. The van der Waals surface area contributed by atoms with E-state index in [2.05, 4.69) is 5.32 Å². The van der Waals surface area contributed by atoms with Crippen LogP contribution >= 0.6 is 0 Å². The molecule has 0 aromatic heterocycles. The molecule has 1 aliphatic heterocycles. The standard InChI is InChI=1S/C10H11NO2S/c1-7-6-14(13)9-5-3-2-4-8(9)11-10(7)12/h2-5,7H,6H2,1H3,(H,11,12). The highest BCUT2D eigenvalue weighted by Gasteiger charge is 2.23. The first-order chi connectivity index (χ1) is 6.68. The second-order valence-corrected chi connectivity index (χ2v) is 4.86. The van der Waals surface area contributed by atoms with Gasteiger partial charge in [0, 0.05) is 11.7 Å². The van der Waals surface area contributed by atoms with Crippen LogP contribution in [0.2, 0.25) is 0 Å². The molecule has 74 valence electrons. The molecular formula is C10H11NO2S. The van der Waals surface area contributed by atoms with Crippen molar-refractivity contribution in [3.05, 3.63) is 24.3 Å². The van der Waals surface area contributed by atoms with Crippen LogP contribution in [-0.2, 0) is 15.6 Å². The van der Waals surface area contributed by atoms with Gasteiger partial charge in [0.15, 0.2) is 0 Å². The number of fused-ring (bicyclic) bond motifs is 1. The Balaban J connectivity index is 2.48. The van der Waals surface area contributed by atoms with Gasteiger partial charge in [-0.05, 0) is 12.1 Å². The van der Waals surface area contributed by atoms with E-state index in [1.165, 1.54) is 0 Å². The first kappa shape index (κ1) is 9.40. The lowest BCUT2D eigenvalue weighted by molar-refractivity contribution is -0.118. The number of amides is 1. The molecule has 1 heterocycles. The van der Waals surface area contributed by atoms with Crippen LogP contribution in [0.15, 0.2) is 29.2 Å². The molecule has 1 aromatic rings. The molecule has 4 heteroatoms. The van der Waals surface area contributed by atoms with Crippen molar-refractivity contribution >= 4 is 22.4 Å². The van der Waals surface area contributed by atoms with Crippen LogP contribution in [0.3, 0.4) is 0 Å². The summed E-state index contributed by atoms with van der Waals surface area (Å²) >= 11 is 0. The van der Waals surface area contributed by atoms with Crippen molar-refractivity contribution in [2.75, 3.05) is 11.1 Å². The Morgan fingerprint density at radius 2 is 2.14 bits per heavy atom. The number of hydrogen-bond acceptors (Lipinski definition) is 2. The fourth-order valence-electron chi connectivity index (χ4n) is 1.42. The average Bonchev–Trinajstić information content (AvgIpc) is 2.27. The van der Waals surface area contributed by atoms with E-state index in [1.807, 2.05) is 12.1 Å². The van der Waals surface area contributed by atoms with Gasteiger partial charge in [0.25, 0.3) is 0 Å². The molecule has 0 radical (unpaired) electrons. The van der Waals surface area contributed by atoms with Crippen molar-refractivity contribution in [2.45, 2.75) is 11.8 Å². The molecule has 0 bridgehead atoms. The minimum atomic E-state index is -1.07. The zero-order chi connectivity index (χ0) is 10.1. The van der Waals surface area contributed by atoms with Crippen molar-refractivity contribution in [3.63, 3.8) is 0 Å². The summed E-state index contributed by atoms with van der Waals surface area (Å²) < 4.78 is 11.8. The SMILES string of the molecule is CC1CS(=O)c2ccccc2NC1=O. The Bertz CT molecular complexity index is 403. The van der Waals surface area contributed by atoms with Crippen molar-refractivity contribution in [3.8, 4) is 0 Å². The molecule has 1 aromatic carbocycles. The first-order valence-electron chi connectivity index (χ1n) is 4.47. The van der Waals surface area contributed by atoms with E-state index in [1.54, 1.807) is 19.1 Å². The van der Waals surface area contributed by atoms with Gasteiger partial charge in [-0.25, -0.2) is 0 Å². The maximum absolute atomic E-state index is 11.8. The first-order valence-corrected chi connectivity index (χ1v) is 5.78. The summed E-state index contributed by atoms with van der Waals surface area (Å²) in [5.74, 6) is 0.162. The van der Waals surface area contributed by atoms with E-state index in [4.69, 9.17) is 0 Å². The van der Waals surface area contributed by atoms with Gasteiger partial charge in [0.2, 0.25) is 5.91 Å². The fourth-order valence-corrected chi connectivity index (χ4v) is 2.80. The van der Waals surface area contributed by atoms with E-state index >= 15 is 0 Å². The molecule has 2 unspecified atom stereocenters. The van der Waals surface area contributed by atoms with Gasteiger partial charge < -0.3 is 5.32 Å². The zero-order valence-electron chi connectivity index (χ0n) is 7.82. The number of anilines is 1. The summed E-state index contributed by atoms with van der Waals surface area (Å²) in [5, 5.41) is 2.77. The third-order valence-corrected chi connectivity index (χ3v) is 3.89. The molecule has 0 saturated carbocycles. The van der Waals surface area contributed by atoms with Crippen LogP contribution in [0.5, 0.6) is 0 Å². The molecule has 0 aliphatic carbocycles. The summed E-state index contributed by atoms with van der Waals surface area (Å²) in [6, 6.07) is 7.23. The summed E-state index contributed by atoms with van der Waals surface area (Å²) in [6.07, 6.45) is 0. The Hall–Kier alpha value is -1.16. The molecule has 2 atom stereocenters. The summed E-state index contributed by atoms with van der Waals surface area (Å²) in [6.45, 7) is 1.79. The predicted molar refractivity (Wildman–Crippen MR) is 55.5 cm³/mol. The largest absolute Gasteiger partial charge is 0.325 e. The molecule has 3 nitrogen and oxygen atoms in total. The van der Waals surface area contributed by atoms with Gasteiger partial charge in [0.05, 0.1) is 21.4 Å².